The molecule has 1 atom stereocenters. The van der Waals surface area contributed by atoms with Crippen molar-refractivity contribution in [2.24, 2.45) is 13.0 Å². The monoisotopic (exact) mass is 292 g/mol. The van der Waals surface area contributed by atoms with Crippen molar-refractivity contribution >= 4 is 11.8 Å². The molecule has 1 aliphatic heterocycles. The summed E-state index contributed by atoms with van der Waals surface area (Å²) in [5, 5.41) is 14.7. The van der Waals surface area contributed by atoms with Crippen LogP contribution in [0.5, 0.6) is 0 Å². The van der Waals surface area contributed by atoms with Crippen LogP contribution in [0.15, 0.2) is 0 Å². The molecule has 2 aliphatic rings. The Morgan fingerprint density at radius 1 is 1.29 bits per heavy atom. The second-order valence-corrected chi connectivity index (χ2v) is 6.58. The van der Waals surface area contributed by atoms with Crippen molar-refractivity contribution < 1.29 is 9.59 Å². The van der Waals surface area contributed by atoms with Gasteiger partial charge in [-0.05, 0) is 44.7 Å². The zero-order valence-electron chi connectivity index (χ0n) is 12.8. The number of hydrogen-bond donors (Lipinski definition) is 1. The predicted octanol–water partition coefficient (Wildman–Crippen LogP) is -0.384. The third-order valence-corrected chi connectivity index (χ3v) is 4.54. The largest absolute Gasteiger partial charge is 0.340 e. The molecular formula is C13H20N6O2. The number of nitrogens with one attached hydrogen (secondary N) is 1. The van der Waals surface area contributed by atoms with Crippen LogP contribution < -0.4 is 5.32 Å². The minimum absolute atomic E-state index is 0.0675. The van der Waals surface area contributed by atoms with E-state index >= 15 is 0 Å². The molecule has 1 saturated heterocycles. The van der Waals surface area contributed by atoms with Crippen LogP contribution in [-0.4, -0.2) is 48.0 Å². The van der Waals surface area contributed by atoms with Gasteiger partial charge >= 0.3 is 0 Å². The molecule has 21 heavy (non-hydrogen) atoms. The number of hydrogen-bond acceptors (Lipinski definition) is 5. The van der Waals surface area contributed by atoms with Gasteiger partial charge in [0.25, 0.3) is 0 Å². The number of carbonyl (C=O) groups is 2. The summed E-state index contributed by atoms with van der Waals surface area (Å²) in [7, 11) is 1.67. The standard InChI is InChI=1S/C13H20N6O2/c1-12(2)10(20)14-13(3,8-5-6-8)11(21)19(12)7-9-15-17-18(4)16-9/h8H,5-7H2,1-4H3,(H,14,20). The molecule has 2 amide bonds. The lowest BCUT2D eigenvalue weighted by Gasteiger charge is -2.48. The highest BCUT2D eigenvalue weighted by Crippen LogP contribution is 2.43. The third kappa shape index (κ3) is 2.09. The Hall–Kier alpha value is -1.99. The van der Waals surface area contributed by atoms with E-state index in [1.54, 1.807) is 25.8 Å². The average Bonchev–Trinajstić information content (AvgIpc) is 3.18. The molecule has 0 spiro atoms. The molecule has 0 bridgehead atoms. The Morgan fingerprint density at radius 2 is 1.95 bits per heavy atom. The van der Waals surface area contributed by atoms with Gasteiger partial charge in [-0.3, -0.25) is 9.59 Å². The molecule has 1 N–H and O–H groups in total. The normalized spacial score (nSPS) is 28.7. The van der Waals surface area contributed by atoms with Gasteiger partial charge in [-0.1, -0.05) is 0 Å². The van der Waals surface area contributed by atoms with E-state index in [0.29, 0.717) is 5.82 Å². The lowest BCUT2D eigenvalue weighted by Crippen LogP contribution is -2.73. The van der Waals surface area contributed by atoms with Crippen LogP contribution in [0.2, 0.25) is 0 Å². The van der Waals surface area contributed by atoms with Crippen LogP contribution in [0.1, 0.15) is 39.4 Å². The highest BCUT2D eigenvalue weighted by atomic mass is 16.2. The smallest absolute Gasteiger partial charge is 0.249 e. The van der Waals surface area contributed by atoms with E-state index in [1.165, 1.54) is 4.80 Å². The van der Waals surface area contributed by atoms with Crippen LogP contribution in [0, 0.1) is 5.92 Å². The Balaban J connectivity index is 1.93. The van der Waals surface area contributed by atoms with Crippen molar-refractivity contribution in [1.82, 2.24) is 30.4 Å². The molecule has 1 aromatic rings. The highest BCUT2D eigenvalue weighted by molar-refractivity contribution is 6.02. The van der Waals surface area contributed by atoms with Crippen molar-refractivity contribution in [2.45, 2.75) is 51.2 Å². The minimum atomic E-state index is -0.926. The molecule has 1 unspecified atom stereocenters. The summed E-state index contributed by atoms with van der Waals surface area (Å²) in [5.74, 6) is 0.455. The van der Waals surface area contributed by atoms with Gasteiger partial charge in [0.05, 0.1) is 13.6 Å². The first-order chi connectivity index (χ1) is 9.75. The molecule has 8 heteroatoms. The zero-order valence-corrected chi connectivity index (χ0v) is 12.8. The van der Waals surface area contributed by atoms with E-state index in [1.807, 2.05) is 6.92 Å². The fourth-order valence-electron chi connectivity index (χ4n) is 2.83. The van der Waals surface area contributed by atoms with Crippen molar-refractivity contribution in [3.63, 3.8) is 0 Å². The lowest BCUT2D eigenvalue weighted by molar-refractivity contribution is -0.162. The van der Waals surface area contributed by atoms with E-state index in [2.05, 4.69) is 20.7 Å². The summed E-state index contributed by atoms with van der Waals surface area (Å²) in [6.07, 6.45) is 1.94. The van der Waals surface area contributed by atoms with E-state index in [-0.39, 0.29) is 24.3 Å². The second-order valence-electron chi connectivity index (χ2n) is 6.58. The lowest BCUT2D eigenvalue weighted by atomic mass is 9.85. The Kier molecular flexibility index (Phi) is 2.83. The summed E-state index contributed by atoms with van der Waals surface area (Å²) in [6.45, 7) is 5.48. The molecule has 2 heterocycles. The number of piperazine rings is 1. The third-order valence-electron chi connectivity index (χ3n) is 4.54. The summed E-state index contributed by atoms with van der Waals surface area (Å²) in [5.41, 5.74) is -1.74. The van der Waals surface area contributed by atoms with Gasteiger partial charge in [0, 0.05) is 0 Å². The maximum absolute atomic E-state index is 12.9. The van der Waals surface area contributed by atoms with E-state index < -0.39 is 11.1 Å². The van der Waals surface area contributed by atoms with E-state index in [9.17, 15) is 9.59 Å². The minimum Gasteiger partial charge on any atom is -0.340 e. The summed E-state index contributed by atoms with van der Waals surface area (Å²) < 4.78 is 0. The second kappa shape index (κ2) is 4.25. The topological polar surface area (TPSA) is 93.0 Å². The van der Waals surface area contributed by atoms with Crippen LogP contribution in [0.4, 0.5) is 0 Å². The first-order valence-corrected chi connectivity index (χ1v) is 7.12. The first kappa shape index (κ1) is 14.0. The molecule has 3 rings (SSSR count). The number of carbonyl (C=O) groups excluding carboxylic acids is 2. The number of amides is 2. The molecule has 1 aromatic heterocycles. The Labute approximate surface area is 122 Å². The van der Waals surface area contributed by atoms with E-state index in [0.717, 1.165) is 12.8 Å². The fourth-order valence-corrected chi connectivity index (χ4v) is 2.83. The quantitative estimate of drug-likeness (QED) is 0.819. The van der Waals surface area contributed by atoms with Crippen molar-refractivity contribution in [3.05, 3.63) is 5.82 Å². The summed E-state index contributed by atoms with van der Waals surface area (Å²) in [4.78, 5) is 28.3. The molecule has 1 saturated carbocycles. The van der Waals surface area contributed by atoms with Gasteiger partial charge in [-0.25, -0.2) is 0 Å². The van der Waals surface area contributed by atoms with Crippen molar-refractivity contribution in [2.75, 3.05) is 0 Å². The Bertz CT molecular complexity index is 606. The fraction of sp³-hybridized carbons (Fsp3) is 0.769. The van der Waals surface area contributed by atoms with Gasteiger partial charge in [-0.15, -0.1) is 10.2 Å². The van der Waals surface area contributed by atoms with Gasteiger partial charge in [-0.2, -0.15) is 4.80 Å². The summed E-state index contributed by atoms with van der Waals surface area (Å²) in [6, 6.07) is 0. The van der Waals surface area contributed by atoms with Gasteiger partial charge in [0.2, 0.25) is 11.8 Å². The molecule has 0 aromatic carbocycles. The molecular weight excluding hydrogens is 272 g/mol. The maximum atomic E-state index is 12.9. The molecule has 8 nitrogen and oxygen atoms in total. The maximum Gasteiger partial charge on any atom is 0.249 e. The van der Waals surface area contributed by atoms with Gasteiger partial charge in [0.15, 0.2) is 5.82 Å². The Morgan fingerprint density at radius 3 is 2.48 bits per heavy atom. The SMILES string of the molecule is Cn1nnc(CN2C(=O)C(C)(C3CC3)NC(=O)C2(C)C)n1. The van der Waals surface area contributed by atoms with Crippen LogP contribution in [0.3, 0.4) is 0 Å². The molecule has 2 fully saturated rings. The molecule has 114 valence electrons. The highest BCUT2D eigenvalue weighted by Gasteiger charge is 2.58. The van der Waals surface area contributed by atoms with Crippen molar-refractivity contribution in [1.29, 1.82) is 0 Å². The number of aromatic nitrogens is 4. The molecule has 1 aliphatic carbocycles. The predicted molar refractivity (Wildman–Crippen MR) is 72.7 cm³/mol. The number of aryl methyl sites for hydroxylation is 1. The summed E-state index contributed by atoms with van der Waals surface area (Å²) >= 11 is 0. The molecule has 0 radical (unpaired) electrons. The number of tetrazole rings is 1. The van der Waals surface area contributed by atoms with Crippen LogP contribution >= 0.6 is 0 Å². The van der Waals surface area contributed by atoms with Crippen molar-refractivity contribution in [3.8, 4) is 0 Å². The van der Waals surface area contributed by atoms with Crippen LogP contribution in [0.25, 0.3) is 0 Å². The number of rotatable bonds is 3. The number of nitrogens with zero attached hydrogens (tertiary/aromatic N) is 5. The first-order valence-electron chi connectivity index (χ1n) is 7.12. The van der Waals surface area contributed by atoms with Crippen LogP contribution in [-0.2, 0) is 23.2 Å². The average molecular weight is 292 g/mol. The van der Waals surface area contributed by atoms with Gasteiger partial charge < -0.3 is 10.2 Å². The van der Waals surface area contributed by atoms with Gasteiger partial charge in [0.1, 0.15) is 11.1 Å². The zero-order chi connectivity index (χ0) is 15.4. The van der Waals surface area contributed by atoms with E-state index in [4.69, 9.17) is 0 Å².